The van der Waals surface area contributed by atoms with Crippen LogP contribution in [0.2, 0.25) is 0 Å². The second kappa shape index (κ2) is 6.50. The lowest BCUT2D eigenvalue weighted by atomic mass is 10.1. The summed E-state index contributed by atoms with van der Waals surface area (Å²) in [5, 5.41) is 7.06. The van der Waals surface area contributed by atoms with Crippen LogP contribution < -0.4 is 5.32 Å². The van der Waals surface area contributed by atoms with Gasteiger partial charge in [-0.15, -0.1) is 0 Å². The number of hydrogen-bond acceptors (Lipinski definition) is 3. The zero-order valence-electron chi connectivity index (χ0n) is 13.5. The van der Waals surface area contributed by atoms with Crippen LogP contribution in [-0.2, 0) is 7.05 Å². The molecule has 1 heterocycles. The van der Waals surface area contributed by atoms with Crippen LogP contribution in [0.25, 0.3) is 11.3 Å². The summed E-state index contributed by atoms with van der Waals surface area (Å²) in [5.74, 6) is -0.358. The van der Waals surface area contributed by atoms with Gasteiger partial charge in [-0.1, -0.05) is 42.5 Å². The lowest BCUT2D eigenvalue weighted by Gasteiger charge is -2.04. The molecule has 0 atom stereocenters. The van der Waals surface area contributed by atoms with E-state index in [0.717, 1.165) is 11.3 Å². The van der Waals surface area contributed by atoms with Gasteiger partial charge in [0.25, 0.3) is 5.91 Å². The molecule has 1 aromatic heterocycles. The van der Waals surface area contributed by atoms with E-state index in [1.165, 1.54) is 6.92 Å². The predicted octanol–water partition coefficient (Wildman–Crippen LogP) is 3.54. The van der Waals surface area contributed by atoms with Gasteiger partial charge in [0.15, 0.2) is 11.5 Å². The van der Waals surface area contributed by atoms with Gasteiger partial charge in [-0.2, -0.15) is 5.10 Å². The zero-order chi connectivity index (χ0) is 17.1. The van der Waals surface area contributed by atoms with Crippen LogP contribution in [0.5, 0.6) is 0 Å². The SMILES string of the molecule is CC(=O)c1cccc(NC(=O)c2cc(-c3ccccc3)n(C)n2)c1. The monoisotopic (exact) mass is 319 g/mol. The van der Waals surface area contributed by atoms with Gasteiger partial charge in [0.2, 0.25) is 0 Å². The van der Waals surface area contributed by atoms with Crippen molar-refractivity contribution in [2.45, 2.75) is 6.92 Å². The third-order valence-electron chi connectivity index (χ3n) is 3.71. The van der Waals surface area contributed by atoms with Crippen molar-refractivity contribution < 1.29 is 9.59 Å². The molecule has 0 aliphatic rings. The standard InChI is InChI=1S/C19H17N3O2/c1-13(23)15-9-6-10-16(11-15)20-19(24)17-12-18(22(2)21-17)14-7-4-3-5-8-14/h3-12H,1-2H3,(H,20,24). The second-order valence-corrected chi connectivity index (χ2v) is 5.50. The molecule has 0 radical (unpaired) electrons. The molecule has 24 heavy (non-hydrogen) atoms. The molecule has 0 fully saturated rings. The summed E-state index contributed by atoms with van der Waals surface area (Å²) in [6, 6.07) is 18.4. The number of aromatic nitrogens is 2. The highest BCUT2D eigenvalue weighted by atomic mass is 16.2. The molecule has 3 aromatic rings. The number of hydrogen-bond donors (Lipinski definition) is 1. The molecule has 5 nitrogen and oxygen atoms in total. The number of benzene rings is 2. The molecular formula is C19H17N3O2. The molecule has 0 aliphatic carbocycles. The minimum atomic E-state index is -0.312. The quantitative estimate of drug-likeness (QED) is 0.748. The summed E-state index contributed by atoms with van der Waals surface area (Å²) in [7, 11) is 1.80. The first-order valence-corrected chi connectivity index (χ1v) is 7.56. The normalized spacial score (nSPS) is 10.4. The second-order valence-electron chi connectivity index (χ2n) is 5.50. The molecule has 0 bridgehead atoms. The molecule has 120 valence electrons. The summed E-state index contributed by atoms with van der Waals surface area (Å²) < 4.78 is 1.68. The van der Waals surface area contributed by atoms with E-state index in [0.29, 0.717) is 16.9 Å². The molecule has 3 rings (SSSR count). The van der Waals surface area contributed by atoms with E-state index >= 15 is 0 Å². The van der Waals surface area contributed by atoms with Gasteiger partial charge in [0.1, 0.15) is 0 Å². The van der Waals surface area contributed by atoms with Crippen LogP contribution in [0.1, 0.15) is 27.8 Å². The molecule has 1 N–H and O–H groups in total. The fourth-order valence-corrected chi connectivity index (χ4v) is 2.47. The molecule has 0 spiro atoms. The highest BCUT2D eigenvalue weighted by molar-refractivity contribution is 6.04. The highest BCUT2D eigenvalue weighted by Crippen LogP contribution is 2.20. The van der Waals surface area contributed by atoms with Crippen LogP contribution in [-0.4, -0.2) is 21.5 Å². The Labute approximate surface area is 139 Å². The fraction of sp³-hybridized carbons (Fsp3) is 0.105. The number of carbonyl (C=O) groups excluding carboxylic acids is 2. The van der Waals surface area contributed by atoms with Crippen molar-refractivity contribution in [2.75, 3.05) is 5.32 Å². The number of nitrogens with zero attached hydrogens (tertiary/aromatic N) is 2. The number of carbonyl (C=O) groups is 2. The van der Waals surface area contributed by atoms with E-state index in [1.54, 1.807) is 42.1 Å². The first-order chi connectivity index (χ1) is 11.5. The molecule has 0 saturated heterocycles. The van der Waals surface area contributed by atoms with Gasteiger partial charge in [-0.25, -0.2) is 0 Å². The molecule has 5 heteroatoms. The van der Waals surface area contributed by atoms with Crippen molar-refractivity contribution in [3.8, 4) is 11.3 Å². The third kappa shape index (κ3) is 3.25. The lowest BCUT2D eigenvalue weighted by molar-refractivity contribution is 0.100. The maximum atomic E-state index is 12.4. The molecule has 0 aliphatic heterocycles. The zero-order valence-corrected chi connectivity index (χ0v) is 13.5. The molecule has 2 aromatic carbocycles. The highest BCUT2D eigenvalue weighted by Gasteiger charge is 2.14. The minimum Gasteiger partial charge on any atom is -0.321 e. The van der Waals surface area contributed by atoms with E-state index in [-0.39, 0.29) is 11.7 Å². The number of amides is 1. The Kier molecular flexibility index (Phi) is 4.24. The van der Waals surface area contributed by atoms with E-state index in [9.17, 15) is 9.59 Å². The van der Waals surface area contributed by atoms with E-state index in [4.69, 9.17) is 0 Å². The van der Waals surface area contributed by atoms with Gasteiger partial charge in [-0.05, 0) is 30.7 Å². The number of aryl methyl sites for hydroxylation is 1. The maximum absolute atomic E-state index is 12.4. The number of Topliss-reactive ketones (excluding diaryl/α,β-unsaturated/α-hetero) is 1. The van der Waals surface area contributed by atoms with Gasteiger partial charge >= 0.3 is 0 Å². The van der Waals surface area contributed by atoms with Crippen LogP contribution in [0.4, 0.5) is 5.69 Å². The Bertz CT molecular complexity index is 898. The van der Waals surface area contributed by atoms with Gasteiger partial charge in [0.05, 0.1) is 5.69 Å². The summed E-state index contributed by atoms with van der Waals surface area (Å²) >= 11 is 0. The van der Waals surface area contributed by atoms with Crippen molar-refractivity contribution in [3.05, 3.63) is 71.9 Å². The number of ketones is 1. The van der Waals surface area contributed by atoms with Crippen LogP contribution >= 0.6 is 0 Å². The van der Waals surface area contributed by atoms with Crippen LogP contribution in [0, 0.1) is 0 Å². The Morgan fingerprint density at radius 1 is 1.00 bits per heavy atom. The van der Waals surface area contributed by atoms with Crippen molar-refractivity contribution in [2.24, 2.45) is 7.05 Å². The molecule has 1 amide bonds. The Balaban J connectivity index is 1.84. The van der Waals surface area contributed by atoms with Crippen molar-refractivity contribution in [1.29, 1.82) is 0 Å². The predicted molar refractivity (Wildman–Crippen MR) is 93.0 cm³/mol. The molecule has 0 unspecified atom stereocenters. The largest absolute Gasteiger partial charge is 0.321 e. The smallest absolute Gasteiger partial charge is 0.276 e. The van der Waals surface area contributed by atoms with Crippen molar-refractivity contribution >= 4 is 17.4 Å². The first-order valence-electron chi connectivity index (χ1n) is 7.56. The number of anilines is 1. The summed E-state index contributed by atoms with van der Waals surface area (Å²) in [5.41, 5.74) is 3.30. The topological polar surface area (TPSA) is 64.0 Å². The number of nitrogens with one attached hydrogen (secondary N) is 1. The summed E-state index contributed by atoms with van der Waals surface area (Å²) in [6.45, 7) is 1.49. The fourth-order valence-electron chi connectivity index (χ4n) is 2.47. The minimum absolute atomic E-state index is 0.0460. The van der Waals surface area contributed by atoms with Crippen molar-refractivity contribution in [3.63, 3.8) is 0 Å². The van der Waals surface area contributed by atoms with Gasteiger partial charge in [0, 0.05) is 18.3 Å². The first kappa shape index (κ1) is 15.7. The Hall–Kier alpha value is -3.21. The molecular weight excluding hydrogens is 302 g/mol. The van der Waals surface area contributed by atoms with Crippen LogP contribution in [0.15, 0.2) is 60.7 Å². The van der Waals surface area contributed by atoms with Gasteiger partial charge < -0.3 is 5.32 Å². The Morgan fingerprint density at radius 2 is 1.75 bits per heavy atom. The van der Waals surface area contributed by atoms with Crippen molar-refractivity contribution in [1.82, 2.24) is 9.78 Å². The number of rotatable bonds is 4. The summed E-state index contributed by atoms with van der Waals surface area (Å²) in [6.07, 6.45) is 0. The van der Waals surface area contributed by atoms with Crippen LogP contribution in [0.3, 0.4) is 0 Å². The summed E-state index contributed by atoms with van der Waals surface area (Å²) in [4.78, 5) is 23.9. The van der Waals surface area contributed by atoms with E-state index in [2.05, 4.69) is 10.4 Å². The van der Waals surface area contributed by atoms with Gasteiger partial charge in [-0.3, -0.25) is 14.3 Å². The molecule has 0 saturated carbocycles. The maximum Gasteiger partial charge on any atom is 0.276 e. The average Bonchev–Trinajstić information content (AvgIpc) is 2.98. The van der Waals surface area contributed by atoms with E-state index < -0.39 is 0 Å². The average molecular weight is 319 g/mol. The Morgan fingerprint density at radius 3 is 2.46 bits per heavy atom. The van der Waals surface area contributed by atoms with E-state index in [1.807, 2.05) is 30.3 Å². The third-order valence-corrected chi connectivity index (χ3v) is 3.71. The lowest BCUT2D eigenvalue weighted by Crippen LogP contribution is -2.13.